The fourth-order valence-corrected chi connectivity index (χ4v) is 2.63. The number of hydrogen-bond donors (Lipinski definition) is 0. The molecule has 0 spiro atoms. The van der Waals surface area contributed by atoms with Crippen LogP contribution in [0.5, 0.6) is 0 Å². The summed E-state index contributed by atoms with van der Waals surface area (Å²) in [6, 6.07) is 8.29. The molecule has 0 N–H and O–H groups in total. The average molecular weight is 166 g/mol. The van der Waals surface area contributed by atoms with Crippen molar-refractivity contribution < 1.29 is 0 Å². The molecule has 2 rings (SSSR count). The van der Waals surface area contributed by atoms with Crippen LogP contribution in [0, 0.1) is 0 Å². The summed E-state index contributed by atoms with van der Waals surface area (Å²) in [7, 11) is -0.0450. The fourth-order valence-electron chi connectivity index (χ4n) is 1.01. The minimum atomic E-state index is -0.0450. The quantitative estimate of drug-likeness (QED) is 0.569. The average Bonchev–Trinajstić information content (AvgIpc) is 2.34. The summed E-state index contributed by atoms with van der Waals surface area (Å²) in [6.45, 7) is 0. The normalized spacial score (nSPS) is 21.0. The monoisotopic (exact) mass is 166 g/mol. The van der Waals surface area contributed by atoms with Crippen LogP contribution in [0.1, 0.15) is 5.56 Å². The third-order valence-electron chi connectivity index (χ3n) is 1.51. The van der Waals surface area contributed by atoms with Crippen molar-refractivity contribution in [2.24, 2.45) is 0 Å². The Hall–Kier alpha value is -0.470. The van der Waals surface area contributed by atoms with Crippen LogP contribution in [-0.4, -0.2) is 0 Å². The van der Waals surface area contributed by atoms with Gasteiger partial charge in [0.25, 0.3) is 0 Å². The predicted octanol–water partition coefficient (Wildman–Crippen LogP) is 2.11. The molecule has 1 aliphatic heterocycles. The number of fused-ring (bicyclic) bond motifs is 1. The van der Waals surface area contributed by atoms with Crippen molar-refractivity contribution in [2.45, 2.75) is 4.90 Å². The number of rotatable bonds is 0. The second kappa shape index (κ2) is 2.29. The van der Waals surface area contributed by atoms with Gasteiger partial charge in [0, 0.05) is 4.90 Å². The van der Waals surface area contributed by atoms with Crippen molar-refractivity contribution in [3.63, 3.8) is 0 Å². The Balaban J connectivity index is 2.70. The molecule has 0 saturated heterocycles. The second-order valence-electron chi connectivity index (χ2n) is 2.14. The molecule has 0 fully saturated rings. The van der Waals surface area contributed by atoms with Gasteiger partial charge in [-0.15, -0.1) is 0 Å². The van der Waals surface area contributed by atoms with Crippen molar-refractivity contribution in [1.29, 1.82) is 0 Å². The maximum absolute atomic E-state index is 5.20. The highest BCUT2D eigenvalue weighted by Gasteiger charge is 2.05. The molecule has 0 saturated carbocycles. The second-order valence-corrected chi connectivity index (χ2v) is 4.52. The van der Waals surface area contributed by atoms with Gasteiger partial charge in [0.1, 0.15) is 0 Å². The van der Waals surface area contributed by atoms with Gasteiger partial charge in [0.2, 0.25) is 0 Å². The SMILES string of the molecule is S=S1C=Cc2ccccc21. The van der Waals surface area contributed by atoms with Gasteiger partial charge in [0.05, 0.1) is 0 Å². The van der Waals surface area contributed by atoms with Crippen LogP contribution in [0.25, 0.3) is 6.08 Å². The number of hydrogen-bond acceptors (Lipinski definition) is 1. The van der Waals surface area contributed by atoms with Gasteiger partial charge >= 0.3 is 0 Å². The molecule has 0 radical (unpaired) electrons. The summed E-state index contributed by atoms with van der Waals surface area (Å²) in [6.07, 6.45) is 2.10. The minimum absolute atomic E-state index is 0.0450. The van der Waals surface area contributed by atoms with Gasteiger partial charge in [-0.3, -0.25) is 0 Å². The van der Waals surface area contributed by atoms with Crippen LogP contribution in [0.4, 0.5) is 0 Å². The zero-order chi connectivity index (χ0) is 6.97. The molecule has 1 unspecified atom stereocenters. The molecule has 50 valence electrons. The van der Waals surface area contributed by atoms with Crippen molar-refractivity contribution >= 4 is 26.7 Å². The molecular formula is C8H6S2. The van der Waals surface area contributed by atoms with E-state index in [-0.39, 0.29) is 9.45 Å². The van der Waals surface area contributed by atoms with Crippen LogP contribution in [0.3, 0.4) is 0 Å². The highest BCUT2D eigenvalue weighted by Crippen LogP contribution is 2.22. The molecule has 0 nitrogen and oxygen atoms in total. The standard InChI is InChI=1S/C8H6S2/c9-10-6-5-7-3-1-2-4-8(7)10/h1-6H. The Morgan fingerprint density at radius 1 is 1.20 bits per heavy atom. The lowest BCUT2D eigenvalue weighted by atomic mass is 10.2. The third-order valence-corrected chi connectivity index (χ3v) is 3.57. The van der Waals surface area contributed by atoms with Crippen molar-refractivity contribution in [1.82, 2.24) is 0 Å². The van der Waals surface area contributed by atoms with E-state index in [4.69, 9.17) is 11.2 Å². The molecule has 1 aliphatic rings. The summed E-state index contributed by atoms with van der Waals surface area (Å²) in [5.74, 6) is 0. The lowest BCUT2D eigenvalue weighted by Crippen LogP contribution is -1.79. The molecule has 1 heterocycles. The molecule has 1 aromatic rings. The van der Waals surface area contributed by atoms with E-state index < -0.39 is 0 Å². The van der Waals surface area contributed by atoms with E-state index in [2.05, 4.69) is 23.6 Å². The first-order valence-electron chi connectivity index (χ1n) is 3.06. The lowest BCUT2D eigenvalue weighted by Gasteiger charge is -1.95. The molecular weight excluding hydrogens is 160 g/mol. The van der Waals surface area contributed by atoms with Crippen LogP contribution >= 0.6 is 0 Å². The van der Waals surface area contributed by atoms with E-state index in [9.17, 15) is 0 Å². The van der Waals surface area contributed by atoms with Crippen LogP contribution in [-0.2, 0) is 20.6 Å². The predicted molar refractivity (Wildman–Crippen MR) is 48.5 cm³/mol. The first-order chi connectivity index (χ1) is 4.88. The van der Waals surface area contributed by atoms with E-state index in [0.717, 1.165) is 0 Å². The summed E-state index contributed by atoms with van der Waals surface area (Å²) in [5.41, 5.74) is 1.29. The van der Waals surface area contributed by atoms with Crippen molar-refractivity contribution in [2.75, 3.05) is 0 Å². The van der Waals surface area contributed by atoms with E-state index >= 15 is 0 Å². The lowest BCUT2D eigenvalue weighted by molar-refractivity contribution is 1.44. The largest absolute Gasteiger partial charge is 0.0653 e. The minimum Gasteiger partial charge on any atom is -0.0653 e. The summed E-state index contributed by atoms with van der Waals surface area (Å²) >= 11 is 5.20. The maximum atomic E-state index is 5.20. The van der Waals surface area contributed by atoms with Crippen LogP contribution in [0.15, 0.2) is 34.6 Å². The molecule has 0 aromatic heterocycles. The Labute approximate surface area is 67.2 Å². The zero-order valence-electron chi connectivity index (χ0n) is 5.28. The summed E-state index contributed by atoms with van der Waals surface area (Å²) in [4.78, 5) is 1.30. The van der Waals surface area contributed by atoms with Gasteiger partial charge in [-0.05, 0) is 34.3 Å². The highest BCUT2D eigenvalue weighted by molar-refractivity contribution is 8.30. The third kappa shape index (κ3) is 0.842. The van der Waals surface area contributed by atoms with E-state index in [1.807, 2.05) is 12.1 Å². The number of benzene rings is 1. The van der Waals surface area contributed by atoms with Gasteiger partial charge in [-0.25, -0.2) is 0 Å². The van der Waals surface area contributed by atoms with Gasteiger partial charge < -0.3 is 0 Å². The maximum Gasteiger partial charge on any atom is 0.0231 e. The first-order valence-corrected chi connectivity index (χ1v) is 5.27. The van der Waals surface area contributed by atoms with Crippen LogP contribution < -0.4 is 0 Å². The summed E-state index contributed by atoms with van der Waals surface area (Å²) < 4.78 is 0. The zero-order valence-corrected chi connectivity index (χ0v) is 6.91. The Morgan fingerprint density at radius 2 is 2.00 bits per heavy atom. The van der Waals surface area contributed by atoms with Gasteiger partial charge in [-0.1, -0.05) is 27.7 Å². The van der Waals surface area contributed by atoms with Crippen molar-refractivity contribution in [3.05, 3.63) is 35.2 Å². The Kier molecular flexibility index (Phi) is 1.43. The van der Waals surface area contributed by atoms with E-state index in [1.165, 1.54) is 10.5 Å². The molecule has 1 atom stereocenters. The Bertz CT molecular complexity index is 313. The molecule has 0 aliphatic carbocycles. The van der Waals surface area contributed by atoms with Crippen LogP contribution in [0.2, 0.25) is 0 Å². The molecule has 2 heteroatoms. The van der Waals surface area contributed by atoms with Gasteiger partial charge in [0.15, 0.2) is 0 Å². The fraction of sp³-hybridized carbons (Fsp3) is 0. The van der Waals surface area contributed by atoms with E-state index in [1.54, 1.807) is 0 Å². The van der Waals surface area contributed by atoms with E-state index in [0.29, 0.717) is 0 Å². The summed E-state index contributed by atoms with van der Waals surface area (Å²) in [5, 5.41) is 2.08. The smallest absolute Gasteiger partial charge is 0.0231 e. The molecule has 10 heavy (non-hydrogen) atoms. The first kappa shape index (κ1) is 6.25. The van der Waals surface area contributed by atoms with Gasteiger partial charge in [-0.2, -0.15) is 0 Å². The highest BCUT2D eigenvalue weighted by atomic mass is 32.8. The Morgan fingerprint density at radius 3 is 2.80 bits per heavy atom. The molecule has 0 amide bonds. The molecule has 0 bridgehead atoms. The van der Waals surface area contributed by atoms with Crippen molar-refractivity contribution in [3.8, 4) is 0 Å². The molecule has 1 aromatic carbocycles. The topological polar surface area (TPSA) is 0 Å².